The first-order valence-corrected chi connectivity index (χ1v) is 13.7. The van der Waals surface area contributed by atoms with Crippen molar-refractivity contribution >= 4 is 16.0 Å². The Kier molecular flexibility index (Phi) is 8.97. The average molecular weight is 519 g/mol. The Morgan fingerprint density at radius 1 is 1.00 bits per heavy atom. The number of carboxylic acid groups (broad SMARTS) is 1. The third-order valence-electron chi connectivity index (χ3n) is 6.90. The van der Waals surface area contributed by atoms with Crippen molar-refractivity contribution in [2.24, 2.45) is 5.92 Å². The molecule has 4 rings (SSSR count). The molecule has 0 spiro atoms. The highest BCUT2D eigenvalue weighted by Gasteiger charge is 2.41. The predicted octanol–water partition coefficient (Wildman–Crippen LogP) is 2.56. The van der Waals surface area contributed by atoms with Gasteiger partial charge in [-0.2, -0.15) is 4.31 Å². The summed E-state index contributed by atoms with van der Waals surface area (Å²) in [5.41, 5.74) is 1.78. The van der Waals surface area contributed by atoms with E-state index in [9.17, 15) is 18.3 Å². The highest BCUT2D eigenvalue weighted by atomic mass is 32.2. The summed E-state index contributed by atoms with van der Waals surface area (Å²) in [6, 6.07) is 13.0. The molecule has 0 amide bonds. The number of carboxylic acids is 1. The van der Waals surface area contributed by atoms with Crippen molar-refractivity contribution in [1.29, 1.82) is 0 Å². The van der Waals surface area contributed by atoms with Crippen LogP contribution in [0.4, 0.5) is 0 Å². The monoisotopic (exact) mass is 518 g/mol. The van der Waals surface area contributed by atoms with E-state index < -0.39 is 22.0 Å². The zero-order valence-electron chi connectivity index (χ0n) is 20.5. The molecule has 0 aliphatic carbocycles. The lowest BCUT2D eigenvalue weighted by Gasteiger charge is -2.37. The molecule has 9 nitrogen and oxygen atoms in total. The number of nitrogens with zero attached hydrogens (tertiary/aromatic N) is 2. The number of hydrogen-bond acceptors (Lipinski definition) is 7. The van der Waals surface area contributed by atoms with E-state index in [0.717, 1.165) is 16.9 Å². The Morgan fingerprint density at radius 3 is 2.11 bits per heavy atom. The fraction of sp³-hybridized carbons (Fsp3) is 0.500. The Hall–Kier alpha value is -2.50. The van der Waals surface area contributed by atoms with Crippen LogP contribution in [0, 0.1) is 5.92 Å². The first-order chi connectivity index (χ1) is 17.4. The van der Waals surface area contributed by atoms with E-state index in [1.54, 1.807) is 31.4 Å². The first-order valence-electron chi connectivity index (χ1n) is 12.3. The molecular formula is C26H34N2O7S. The van der Waals surface area contributed by atoms with Gasteiger partial charge >= 0.3 is 5.97 Å². The van der Waals surface area contributed by atoms with Gasteiger partial charge in [0.15, 0.2) is 0 Å². The normalized spacial score (nSPS) is 18.7. The Bertz CT molecular complexity index is 1090. The molecular weight excluding hydrogens is 484 g/mol. The minimum Gasteiger partial charge on any atom is -0.497 e. The molecule has 2 aliphatic rings. The molecule has 0 bridgehead atoms. The quantitative estimate of drug-likeness (QED) is 0.512. The number of morpholine rings is 1. The number of methoxy groups -OCH3 is 1. The van der Waals surface area contributed by atoms with Crippen molar-refractivity contribution in [1.82, 2.24) is 9.21 Å². The third kappa shape index (κ3) is 6.24. The summed E-state index contributed by atoms with van der Waals surface area (Å²) in [5.74, 6) is -0.696. The van der Waals surface area contributed by atoms with Gasteiger partial charge in [0.25, 0.3) is 0 Å². The van der Waals surface area contributed by atoms with Crippen LogP contribution in [0.2, 0.25) is 0 Å². The van der Waals surface area contributed by atoms with E-state index in [-0.39, 0.29) is 17.4 Å². The van der Waals surface area contributed by atoms with E-state index in [1.807, 2.05) is 24.3 Å². The maximum Gasteiger partial charge on any atom is 0.322 e. The van der Waals surface area contributed by atoms with Crippen molar-refractivity contribution in [3.8, 4) is 16.9 Å². The minimum absolute atomic E-state index is 0.0834. The Balaban J connectivity index is 1.62. The molecule has 2 aliphatic heterocycles. The molecule has 36 heavy (non-hydrogen) atoms. The third-order valence-corrected chi connectivity index (χ3v) is 8.80. The van der Waals surface area contributed by atoms with Crippen LogP contribution in [-0.2, 0) is 24.3 Å². The van der Waals surface area contributed by atoms with Crippen LogP contribution in [0.5, 0.6) is 5.75 Å². The summed E-state index contributed by atoms with van der Waals surface area (Å²) < 4.78 is 45.0. The molecule has 2 aromatic carbocycles. The number of hydrogen-bond donors (Lipinski definition) is 1. The van der Waals surface area contributed by atoms with E-state index >= 15 is 0 Å². The van der Waals surface area contributed by atoms with E-state index in [1.165, 1.54) is 4.31 Å². The van der Waals surface area contributed by atoms with Gasteiger partial charge in [0.05, 0.1) is 25.2 Å². The maximum absolute atomic E-state index is 13.9. The summed E-state index contributed by atoms with van der Waals surface area (Å²) in [4.78, 5) is 14.7. The van der Waals surface area contributed by atoms with Gasteiger partial charge in [-0.1, -0.05) is 24.3 Å². The van der Waals surface area contributed by atoms with E-state index in [0.29, 0.717) is 58.9 Å². The van der Waals surface area contributed by atoms with Gasteiger partial charge in [-0.25, -0.2) is 8.42 Å². The van der Waals surface area contributed by atoms with Gasteiger partial charge in [-0.05, 0) is 54.2 Å². The maximum atomic E-state index is 13.9. The fourth-order valence-electron chi connectivity index (χ4n) is 4.80. The van der Waals surface area contributed by atoms with Crippen molar-refractivity contribution in [3.05, 3.63) is 48.5 Å². The molecule has 196 valence electrons. The Labute approximate surface area is 212 Å². The lowest BCUT2D eigenvalue weighted by molar-refractivity contribution is -0.144. The molecule has 1 N–H and O–H groups in total. The van der Waals surface area contributed by atoms with Gasteiger partial charge in [-0.3, -0.25) is 9.69 Å². The lowest BCUT2D eigenvalue weighted by atomic mass is 9.91. The van der Waals surface area contributed by atoms with Crippen LogP contribution in [0.3, 0.4) is 0 Å². The van der Waals surface area contributed by atoms with Crippen LogP contribution in [0.25, 0.3) is 11.1 Å². The standard InChI is InChI=1S/C26H34N2O7S/c1-33-23-6-2-20(3-7-23)21-4-8-24(9-5-21)36(31,32)28(13-12-27-14-18-35-19-15-27)25(26(29)30)22-10-16-34-17-11-22/h2-9,22,25H,10-19H2,1H3,(H,29,30). The molecule has 1 unspecified atom stereocenters. The minimum atomic E-state index is -4.07. The summed E-state index contributed by atoms with van der Waals surface area (Å²) in [6.45, 7) is 3.96. The van der Waals surface area contributed by atoms with Crippen LogP contribution in [0.1, 0.15) is 12.8 Å². The second kappa shape index (κ2) is 12.2. The number of ether oxygens (including phenoxy) is 3. The average Bonchev–Trinajstić information content (AvgIpc) is 2.92. The van der Waals surface area contributed by atoms with Crippen molar-refractivity contribution < 1.29 is 32.5 Å². The van der Waals surface area contributed by atoms with Gasteiger partial charge in [0, 0.05) is 39.4 Å². The molecule has 2 fully saturated rings. The summed E-state index contributed by atoms with van der Waals surface area (Å²) in [7, 11) is -2.47. The van der Waals surface area contributed by atoms with Gasteiger partial charge in [0.1, 0.15) is 11.8 Å². The second-order valence-electron chi connectivity index (χ2n) is 9.06. The predicted molar refractivity (Wildman–Crippen MR) is 135 cm³/mol. The van der Waals surface area contributed by atoms with Crippen LogP contribution < -0.4 is 4.74 Å². The first kappa shape index (κ1) is 26.6. The molecule has 2 heterocycles. The zero-order valence-corrected chi connectivity index (χ0v) is 21.4. The number of aliphatic carboxylic acids is 1. The largest absolute Gasteiger partial charge is 0.497 e. The van der Waals surface area contributed by atoms with Gasteiger partial charge in [0.2, 0.25) is 10.0 Å². The fourth-order valence-corrected chi connectivity index (χ4v) is 6.44. The topological polar surface area (TPSA) is 106 Å². The summed E-state index contributed by atoms with van der Waals surface area (Å²) in [5, 5.41) is 10.2. The van der Waals surface area contributed by atoms with Crippen LogP contribution in [0.15, 0.2) is 53.4 Å². The summed E-state index contributed by atoms with van der Waals surface area (Å²) in [6.07, 6.45) is 1.02. The molecule has 2 aromatic rings. The Morgan fingerprint density at radius 2 is 1.56 bits per heavy atom. The van der Waals surface area contributed by atoms with Gasteiger partial charge in [-0.15, -0.1) is 0 Å². The lowest BCUT2D eigenvalue weighted by Crippen LogP contribution is -2.53. The molecule has 10 heteroatoms. The second-order valence-corrected chi connectivity index (χ2v) is 10.9. The number of benzene rings is 2. The zero-order chi connectivity index (χ0) is 25.5. The highest BCUT2D eigenvalue weighted by Crippen LogP contribution is 2.30. The van der Waals surface area contributed by atoms with E-state index in [4.69, 9.17) is 14.2 Å². The molecule has 2 saturated heterocycles. The van der Waals surface area contributed by atoms with Crippen molar-refractivity contribution in [2.45, 2.75) is 23.8 Å². The smallest absolute Gasteiger partial charge is 0.322 e. The van der Waals surface area contributed by atoms with Gasteiger partial charge < -0.3 is 19.3 Å². The van der Waals surface area contributed by atoms with Crippen molar-refractivity contribution in [3.63, 3.8) is 0 Å². The molecule has 0 saturated carbocycles. The van der Waals surface area contributed by atoms with E-state index in [2.05, 4.69) is 4.90 Å². The highest BCUT2D eigenvalue weighted by molar-refractivity contribution is 7.89. The SMILES string of the molecule is COc1ccc(-c2ccc(S(=O)(=O)N(CCN3CCOCC3)C(C(=O)O)C3CCOCC3)cc2)cc1. The molecule has 0 radical (unpaired) electrons. The summed E-state index contributed by atoms with van der Waals surface area (Å²) >= 11 is 0. The van der Waals surface area contributed by atoms with Crippen LogP contribution >= 0.6 is 0 Å². The molecule has 1 atom stereocenters. The van der Waals surface area contributed by atoms with Crippen LogP contribution in [-0.4, -0.2) is 94.5 Å². The molecule has 0 aromatic heterocycles. The van der Waals surface area contributed by atoms with Crippen molar-refractivity contribution in [2.75, 3.05) is 59.7 Å². The number of sulfonamides is 1. The number of rotatable bonds is 10. The number of carbonyl (C=O) groups is 1.